The molecule has 16 heavy (non-hydrogen) atoms. The van der Waals surface area contributed by atoms with Crippen LogP contribution in [0.4, 0.5) is 0 Å². The molecule has 4 heteroatoms. The first kappa shape index (κ1) is 13.5. The van der Waals surface area contributed by atoms with Crippen molar-refractivity contribution in [3.63, 3.8) is 0 Å². The molecule has 0 atom stereocenters. The highest BCUT2D eigenvalue weighted by atomic mass is 79.9. The molecular weight excluding hydrogens is 268 g/mol. The van der Waals surface area contributed by atoms with Crippen molar-refractivity contribution in [2.45, 2.75) is 62.2 Å². The van der Waals surface area contributed by atoms with Gasteiger partial charge in [-0.15, -0.1) is 0 Å². The van der Waals surface area contributed by atoms with Gasteiger partial charge < -0.3 is 5.32 Å². The van der Waals surface area contributed by atoms with Crippen LogP contribution in [0.25, 0.3) is 0 Å². The van der Waals surface area contributed by atoms with E-state index in [4.69, 9.17) is 0 Å². The summed E-state index contributed by atoms with van der Waals surface area (Å²) in [6, 6.07) is 2.31. The van der Waals surface area contributed by atoms with Crippen LogP contribution in [0.5, 0.6) is 0 Å². The molecule has 0 spiro atoms. The molecule has 0 heterocycles. The summed E-state index contributed by atoms with van der Waals surface area (Å²) in [6.45, 7) is 3.59. The maximum Gasteiger partial charge on any atom is 0.237 e. The van der Waals surface area contributed by atoms with Gasteiger partial charge in [-0.05, 0) is 26.7 Å². The summed E-state index contributed by atoms with van der Waals surface area (Å²) in [6.07, 6.45) is 5.93. The van der Waals surface area contributed by atoms with Gasteiger partial charge in [0.15, 0.2) is 0 Å². The number of nitrogens with one attached hydrogen (secondary N) is 1. The van der Waals surface area contributed by atoms with Crippen LogP contribution in [0.1, 0.15) is 52.4 Å². The van der Waals surface area contributed by atoms with E-state index in [0.717, 1.165) is 38.5 Å². The minimum atomic E-state index is -0.640. The van der Waals surface area contributed by atoms with Crippen molar-refractivity contribution < 1.29 is 4.79 Å². The highest BCUT2D eigenvalue weighted by Crippen LogP contribution is 2.28. The zero-order valence-corrected chi connectivity index (χ0v) is 11.6. The zero-order valence-electron chi connectivity index (χ0n) is 9.98. The minimum absolute atomic E-state index is 0.101. The van der Waals surface area contributed by atoms with Crippen LogP contribution in [0.15, 0.2) is 0 Å². The Morgan fingerprint density at radius 1 is 1.31 bits per heavy atom. The molecule has 1 aliphatic rings. The van der Waals surface area contributed by atoms with Crippen LogP contribution in [0.2, 0.25) is 0 Å². The molecule has 1 aliphatic carbocycles. The van der Waals surface area contributed by atoms with Gasteiger partial charge >= 0.3 is 0 Å². The predicted octanol–water partition coefficient (Wildman–Crippen LogP) is 2.89. The van der Waals surface area contributed by atoms with Gasteiger partial charge in [0.2, 0.25) is 5.91 Å². The Morgan fingerprint density at radius 2 is 1.81 bits per heavy atom. The maximum atomic E-state index is 11.9. The molecule has 0 aromatic heterocycles. The second kappa shape index (κ2) is 5.18. The molecule has 1 N–H and O–H groups in total. The summed E-state index contributed by atoms with van der Waals surface area (Å²) in [4.78, 5) is 11.9. The van der Waals surface area contributed by atoms with Gasteiger partial charge in [0, 0.05) is 0 Å². The van der Waals surface area contributed by atoms with E-state index in [1.807, 2.05) is 0 Å². The fraction of sp³-hybridized carbons (Fsp3) is 0.833. The van der Waals surface area contributed by atoms with E-state index in [9.17, 15) is 10.1 Å². The summed E-state index contributed by atoms with van der Waals surface area (Å²) in [5.74, 6) is -0.101. The Kier molecular flexibility index (Phi) is 4.37. The summed E-state index contributed by atoms with van der Waals surface area (Å²) in [7, 11) is 0. The standard InChI is InChI=1S/C12H19BrN2O/c1-11(2,13)10(16)15-12(9-14)7-5-3-4-6-8-12/h3-8H2,1-2H3,(H,15,16). The molecule has 1 fully saturated rings. The van der Waals surface area contributed by atoms with E-state index in [2.05, 4.69) is 27.3 Å². The van der Waals surface area contributed by atoms with E-state index in [1.165, 1.54) is 0 Å². The fourth-order valence-electron chi connectivity index (χ4n) is 1.96. The van der Waals surface area contributed by atoms with E-state index in [0.29, 0.717) is 0 Å². The van der Waals surface area contributed by atoms with Crippen LogP contribution in [-0.4, -0.2) is 15.8 Å². The van der Waals surface area contributed by atoms with Crippen LogP contribution < -0.4 is 5.32 Å². The van der Waals surface area contributed by atoms with Gasteiger partial charge in [-0.2, -0.15) is 5.26 Å². The Labute approximate surface area is 106 Å². The number of alkyl halides is 1. The molecule has 1 saturated carbocycles. The van der Waals surface area contributed by atoms with Crippen molar-refractivity contribution in [3.05, 3.63) is 0 Å². The van der Waals surface area contributed by atoms with Gasteiger partial charge in [0.05, 0.1) is 10.4 Å². The third kappa shape index (κ3) is 3.48. The number of carbonyl (C=O) groups excluding carboxylic acids is 1. The predicted molar refractivity (Wildman–Crippen MR) is 67.2 cm³/mol. The lowest BCUT2D eigenvalue weighted by atomic mass is 9.91. The van der Waals surface area contributed by atoms with Gasteiger partial charge in [0.1, 0.15) is 5.54 Å². The van der Waals surface area contributed by atoms with Crippen molar-refractivity contribution >= 4 is 21.8 Å². The zero-order chi connectivity index (χ0) is 12.2. The van der Waals surface area contributed by atoms with Gasteiger partial charge in [-0.1, -0.05) is 41.6 Å². The number of nitrogens with zero attached hydrogens (tertiary/aromatic N) is 1. The van der Waals surface area contributed by atoms with E-state index in [1.54, 1.807) is 13.8 Å². The number of hydrogen-bond acceptors (Lipinski definition) is 2. The number of nitriles is 1. The molecule has 0 aromatic carbocycles. The average molecular weight is 287 g/mol. The molecular formula is C12H19BrN2O. The molecule has 1 amide bonds. The minimum Gasteiger partial charge on any atom is -0.337 e. The van der Waals surface area contributed by atoms with Crippen molar-refractivity contribution in [1.29, 1.82) is 5.26 Å². The molecule has 0 radical (unpaired) electrons. The first-order valence-electron chi connectivity index (χ1n) is 5.82. The summed E-state index contributed by atoms with van der Waals surface area (Å²) in [5, 5.41) is 12.2. The van der Waals surface area contributed by atoms with E-state index < -0.39 is 9.86 Å². The summed E-state index contributed by atoms with van der Waals surface area (Å²) >= 11 is 3.32. The highest BCUT2D eigenvalue weighted by Gasteiger charge is 2.36. The molecule has 0 saturated heterocycles. The fourth-order valence-corrected chi connectivity index (χ4v) is 2.06. The number of amides is 1. The SMILES string of the molecule is CC(C)(Br)C(=O)NC1(C#N)CCCCCC1. The lowest BCUT2D eigenvalue weighted by Gasteiger charge is -2.29. The summed E-state index contributed by atoms with van der Waals surface area (Å²) < 4.78 is -0.608. The first-order valence-corrected chi connectivity index (χ1v) is 6.62. The van der Waals surface area contributed by atoms with Crippen molar-refractivity contribution in [3.8, 4) is 6.07 Å². The normalized spacial score (nSPS) is 20.6. The quantitative estimate of drug-likeness (QED) is 0.627. The smallest absolute Gasteiger partial charge is 0.237 e. The molecule has 0 unspecified atom stereocenters. The molecule has 1 rings (SSSR count). The summed E-state index contributed by atoms with van der Waals surface area (Å²) in [5.41, 5.74) is -0.640. The van der Waals surface area contributed by atoms with Gasteiger partial charge in [0.25, 0.3) is 0 Å². The molecule has 90 valence electrons. The third-order valence-corrected chi connectivity index (χ3v) is 3.42. The van der Waals surface area contributed by atoms with Gasteiger partial charge in [-0.3, -0.25) is 4.79 Å². The van der Waals surface area contributed by atoms with E-state index >= 15 is 0 Å². The van der Waals surface area contributed by atoms with Crippen molar-refractivity contribution in [1.82, 2.24) is 5.32 Å². The third-order valence-electron chi connectivity index (χ3n) is 3.06. The lowest BCUT2D eigenvalue weighted by molar-refractivity contribution is -0.124. The lowest BCUT2D eigenvalue weighted by Crippen LogP contribution is -2.52. The van der Waals surface area contributed by atoms with Crippen LogP contribution in [0.3, 0.4) is 0 Å². The largest absolute Gasteiger partial charge is 0.337 e. The number of halogens is 1. The van der Waals surface area contributed by atoms with Crippen LogP contribution in [-0.2, 0) is 4.79 Å². The van der Waals surface area contributed by atoms with Crippen LogP contribution >= 0.6 is 15.9 Å². The Morgan fingerprint density at radius 3 is 2.19 bits per heavy atom. The molecule has 3 nitrogen and oxygen atoms in total. The topological polar surface area (TPSA) is 52.9 Å². The van der Waals surface area contributed by atoms with Crippen molar-refractivity contribution in [2.75, 3.05) is 0 Å². The average Bonchev–Trinajstić information content (AvgIpc) is 2.43. The van der Waals surface area contributed by atoms with Crippen LogP contribution in [0, 0.1) is 11.3 Å². The second-order valence-electron chi connectivity index (χ2n) is 5.03. The molecule has 0 bridgehead atoms. The van der Waals surface area contributed by atoms with Crippen molar-refractivity contribution in [2.24, 2.45) is 0 Å². The number of carbonyl (C=O) groups is 1. The highest BCUT2D eigenvalue weighted by molar-refractivity contribution is 9.10. The maximum absolute atomic E-state index is 11.9. The second-order valence-corrected chi connectivity index (χ2v) is 7.02. The Bertz CT molecular complexity index is 293. The Hall–Kier alpha value is -0.560. The van der Waals surface area contributed by atoms with E-state index in [-0.39, 0.29) is 5.91 Å². The molecule has 0 aliphatic heterocycles. The molecule has 0 aromatic rings. The number of rotatable bonds is 2. The Balaban J connectivity index is 2.74. The first-order chi connectivity index (χ1) is 7.40. The number of hydrogen-bond donors (Lipinski definition) is 1. The monoisotopic (exact) mass is 286 g/mol. The van der Waals surface area contributed by atoms with Gasteiger partial charge in [-0.25, -0.2) is 0 Å².